The van der Waals surface area contributed by atoms with Crippen LogP contribution in [0.5, 0.6) is 0 Å². The summed E-state index contributed by atoms with van der Waals surface area (Å²) in [7, 11) is 1.35. The normalized spacial score (nSPS) is 9.86. The van der Waals surface area contributed by atoms with Gasteiger partial charge >= 0.3 is 0 Å². The lowest BCUT2D eigenvalue weighted by Gasteiger charge is -2.09. The summed E-state index contributed by atoms with van der Waals surface area (Å²) < 4.78 is 0.725. The van der Waals surface area contributed by atoms with Gasteiger partial charge in [0.25, 0.3) is 5.91 Å². The van der Waals surface area contributed by atoms with Crippen molar-refractivity contribution in [2.24, 2.45) is 0 Å². The number of carbonyl (C=O) groups excluding carboxylic acids is 1. The highest BCUT2D eigenvalue weighted by Crippen LogP contribution is 2.05. The molecule has 1 aromatic carbocycles. The van der Waals surface area contributed by atoms with Gasteiger partial charge in [-0.2, -0.15) is 0 Å². The molecule has 0 unspecified atom stereocenters. The minimum atomic E-state index is -0.238. The van der Waals surface area contributed by atoms with Gasteiger partial charge in [-0.05, 0) is 12.0 Å². The Balaban J connectivity index is 2.38. The Morgan fingerprint density at radius 2 is 2.07 bits per heavy atom. The highest BCUT2D eigenvalue weighted by atomic mass is 35.5. The molecule has 1 aromatic rings. The maximum absolute atomic E-state index is 11.2. The highest BCUT2D eigenvalue weighted by Gasteiger charge is 2.09. The highest BCUT2D eigenvalue weighted by molar-refractivity contribution is 6.20. The van der Waals surface area contributed by atoms with Gasteiger partial charge in [-0.25, -0.2) is 0 Å². The molecule has 76 valence electrons. The van der Waals surface area contributed by atoms with Crippen LogP contribution in [0.1, 0.15) is 12.0 Å². The summed E-state index contributed by atoms with van der Waals surface area (Å²) in [6.45, 7) is 0. The average Bonchev–Trinajstić information content (AvgIpc) is 2.26. The summed E-state index contributed by atoms with van der Waals surface area (Å²) in [6, 6.07) is 9.76. The van der Waals surface area contributed by atoms with Crippen molar-refractivity contribution in [1.82, 2.24) is 4.58 Å². The van der Waals surface area contributed by atoms with E-state index in [1.165, 1.54) is 7.11 Å². The van der Waals surface area contributed by atoms with E-state index in [0.717, 1.165) is 10.1 Å². The van der Waals surface area contributed by atoms with Gasteiger partial charge < -0.3 is 0 Å². The number of benzene rings is 1. The first-order valence-electron chi connectivity index (χ1n) is 4.31. The predicted molar refractivity (Wildman–Crippen MR) is 54.5 cm³/mol. The Morgan fingerprint density at radius 3 is 2.64 bits per heavy atom. The number of aryl methyl sites for hydroxylation is 1. The third kappa shape index (κ3) is 3.36. The van der Waals surface area contributed by atoms with Crippen LogP contribution in [0, 0.1) is 0 Å². The second-order valence-electron chi connectivity index (χ2n) is 2.81. The molecule has 0 atom stereocenters. The molecule has 4 heteroatoms. The first-order chi connectivity index (χ1) is 6.74. The van der Waals surface area contributed by atoms with E-state index in [1.807, 2.05) is 30.3 Å². The second-order valence-corrected chi connectivity index (χ2v) is 3.11. The van der Waals surface area contributed by atoms with E-state index in [1.54, 1.807) is 0 Å². The summed E-state index contributed by atoms with van der Waals surface area (Å²) in [5.41, 5.74) is 1.11. The Morgan fingerprint density at radius 1 is 1.43 bits per heavy atom. The molecular formula is C10H12ClNO2. The van der Waals surface area contributed by atoms with Crippen LogP contribution >= 0.6 is 11.8 Å². The van der Waals surface area contributed by atoms with Crippen molar-refractivity contribution in [1.29, 1.82) is 0 Å². The number of rotatable bonds is 4. The molecule has 0 spiro atoms. The number of nitrogens with zero attached hydrogens (tertiary/aromatic N) is 1. The Kier molecular flexibility index (Phi) is 4.43. The van der Waals surface area contributed by atoms with Crippen molar-refractivity contribution in [3.05, 3.63) is 35.9 Å². The average molecular weight is 214 g/mol. The minimum absolute atomic E-state index is 0.238. The molecule has 0 radical (unpaired) electrons. The fraction of sp³-hybridized carbons (Fsp3) is 0.300. The number of hydroxylamine groups is 1. The maximum Gasteiger partial charge on any atom is 0.262 e. The van der Waals surface area contributed by atoms with Crippen molar-refractivity contribution in [2.75, 3.05) is 7.11 Å². The quantitative estimate of drug-likeness (QED) is 0.567. The molecule has 1 rings (SSSR count). The Hall–Kier alpha value is -1.06. The molecule has 0 aromatic heterocycles. The first-order valence-corrected chi connectivity index (χ1v) is 4.64. The largest absolute Gasteiger partial charge is 0.271 e. The lowest BCUT2D eigenvalue weighted by Crippen LogP contribution is -2.20. The molecule has 1 amide bonds. The molecule has 0 saturated heterocycles. The van der Waals surface area contributed by atoms with Gasteiger partial charge in [0.15, 0.2) is 0 Å². The fourth-order valence-electron chi connectivity index (χ4n) is 1.09. The van der Waals surface area contributed by atoms with Crippen LogP contribution in [0.25, 0.3) is 0 Å². The molecule has 0 bridgehead atoms. The molecule has 0 fully saturated rings. The zero-order valence-electron chi connectivity index (χ0n) is 7.94. The van der Waals surface area contributed by atoms with Crippen LogP contribution in [0.2, 0.25) is 0 Å². The van der Waals surface area contributed by atoms with Crippen molar-refractivity contribution >= 4 is 17.7 Å². The minimum Gasteiger partial charge on any atom is -0.271 e. The topological polar surface area (TPSA) is 29.5 Å². The van der Waals surface area contributed by atoms with E-state index in [-0.39, 0.29) is 5.91 Å². The van der Waals surface area contributed by atoms with Crippen LogP contribution in [-0.2, 0) is 16.1 Å². The molecule has 0 heterocycles. The van der Waals surface area contributed by atoms with E-state index < -0.39 is 0 Å². The van der Waals surface area contributed by atoms with E-state index in [4.69, 9.17) is 11.8 Å². The lowest BCUT2D eigenvalue weighted by molar-refractivity contribution is -0.152. The van der Waals surface area contributed by atoms with E-state index in [0.29, 0.717) is 12.8 Å². The van der Waals surface area contributed by atoms with Gasteiger partial charge in [0.05, 0.1) is 7.11 Å². The van der Waals surface area contributed by atoms with Crippen LogP contribution < -0.4 is 0 Å². The van der Waals surface area contributed by atoms with E-state index in [2.05, 4.69) is 4.84 Å². The summed E-state index contributed by atoms with van der Waals surface area (Å²) >= 11 is 5.44. The molecule has 0 saturated carbocycles. The zero-order chi connectivity index (χ0) is 10.4. The zero-order valence-corrected chi connectivity index (χ0v) is 8.70. The van der Waals surface area contributed by atoms with E-state index in [9.17, 15) is 4.79 Å². The number of hydrogen-bond acceptors (Lipinski definition) is 2. The van der Waals surface area contributed by atoms with Crippen molar-refractivity contribution in [2.45, 2.75) is 12.8 Å². The van der Waals surface area contributed by atoms with Crippen LogP contribution in [0.15, 0.2) is 30.3 Å². The molecule has 3 nitrogen and oxygen atoms in total. The molecule has 0 aliphatic heterocycles. The maximum atomic E-state index is 11.2. The summed E-state index contributed by atoms with van der Waals surface area (Å²) in [5.74, 6) is -0.238. The molecular weight excluding hydrogens is 202 g/mol. The van der Waals surface area contributed by atoms with Crippen molar-refractivity contribution in [3.8, 4) is 0 Å². The van der Waals surface area contributed by atoms with Gasteiger partial charge in [-0.1, -0.05) is 30.3 Å². The third-order valence-electron chi connectivity index (χ3n) is 1.83. The first kappa shape index (κ1) is 11.0. The predicted octanol–water partition coefficient (Wildman–Crippen LogP) is 2.16. The molecule has 0 aliphatic rings. The molecule has 0 aliphatic carbocycles. The standard InChI is InChI=1S/C10H12ClNO2/c1-14-12(11)10(13)8-7-9-5-3-2-4-6-9/h2-6H,7-8H2,1H3. The van der Waals surface area contributed by atoms with E-state index >= 15 is 0 Å². The lowest BCUT2D eigenvalue weighted by atomic mass is 10.1. The SMILES string of the molecule is CON(Cl)C(=O)CCc1ccccc1. The molecule has 14 heavy (non-hydrogen) atoms. The van der Waals surface area contributed by atoms with Crippen molar-refractivity contribution in [3.63, 3.8) is 0 Å². The summed E-state index contributed by atoms with van der Waals surface area (Å²) in [6.07, 6.45) is 1.02. The van der Waals surface area contributed by atoms with Gasteiger partial charge in [-0.15, -0.1) is 4.58 Å². The number of carbonyl (C=O) groups is 1. The van der Waals surface area contributed by atoms with Crippen LogP contribution in [0.4, 0.5) is 0 Å². The monoisotopic (exact) mass is 213 g/mol. The Labute approximate surface area is 88.3 Å². The van der Waals surface area contributed by atoms with Gasteiger partial charge in [0.1, 0.15) is 0 Å². The second kappa shape index (κ2) is 5.62. The van der Waals surface area contributed by atoms with Crippen LogP contribution in [0.3, 0.4) is 0 Å². The number of hydrogen-bond donors (Lipinski definition) is 0. The fourth-order valence-corrected chi connectivity index (χ4v) is 1.17. The number of halogens is 1. The third-order valence-corrected chi connectivity index (χ3v) is 2.15. The molecule has 0 N–H and O–H groups in total. The van der Waals surface area contributed by atoms with Crippen molar-refractivity contribution < 1.29 is 9.63 Å². The Bertz CT molecular complexity index is 289. The summed E-state index contributed by atoms with van der Waals surface area (Å²) in [5, 5.41) is 0. The smallest absolute Gasteiger partial charge is 0.262 e. The van der Waals surface area contributed by atoms with Gasteiger partial charge in [0.2, 0.25) is 0 Å². The van der Waals surface area contributed by atoms with Crippen LogP contribution in [-0.4, -0.2) is 17.6 Å². The number of amides is 1. The van der Waals surface area contributed by atoms with Gasteiger partial charge in [-0.3, -0.25) is 9.63 Å². The summed E-state index contributed by atoms with van der Waals surface area (Å²) in [4.78, 5) is 15.8. The van der Waals surface area contributed by atoms with Gasteiger partial charge in [0, 0.05) is 18.2 Å².